The van der Waals surface area contributed by atoms with E-state index in [9.17, 15) is 0 Å². The number of hydrogen-bond donors (Lipinski definition) is 0. The molecule has 70 valence electrons. The maximum Gasteiger partial charge on any atom is 0.0873 e. The van der Waals surface area contributed by atoms with Crippen LogP contribution in [0.25, 0.3) is 0 Å². The summed E-state index contributed by atoms with van der Waals surface area (Å²) >= 11 is 0. The molecule has 1 saturated heterocycles. The fourth-order valence-electron chi connectivity index (χ4n) is 1.23. The van der Waals surface area contributed by atoms with Crippen LogP contribution in [0.3, 0.4) is 0 Å². The van der Waals surface area contributed by atoms with Crippen LogP contribution in [-0.4, -0.2) is 19.3 Å². The fourth-order valence-corrected chi connectivity index (χ4v) is 1.23. The summed E-state index contributed by atoms with van der Waals surface area (Å²) in [4.78, 5) is 0. The smallest absolute Gasteiger partial charge is 0.0873 e. The van der Waals surface area contributed by atoms with E-state index in [4.69, 9.17) is 9.47 Å². The average molecular weight is 170 g/mol. The van der Waals surface area contributed by atoms with E-state index in [-0.39, 0.29) is 0 Å². The molecule has 0 radical (unpaired) electrons. The molecule has 0 N–H and O–H groups in total. The molecule has 0 bridgehead atoms. The van der Waals surface area contributed by atoms with Crippen LogP contribution >= 0.6 is 0 Å². The van der Waals surface area contributed by atoms with Crippen molar-refractivity contribution in [1.29, 1.82) is 0 Å². The highest BCUT2D eigenvalue weighted by Gasteiger charge is 2.20. The Morgan fingerprint density at radius 1 is 1.33 bits per heavy atom. The van der Waals surface area contributed by atoms with E-state index in [1.807, 2.05) is 0 Å². The van der Waals surface area contributed by atoms with Gasteiger partial charge >= 0.3 is 0 Å². The first-order valence-electron chi connectivity index (χ1n) is 4.77. The summed E-state index contributed by atoms with van der Waals surface area (Å²) in [6.45, 7) is 5.31. The topological polar surface area (TPSA) is 21.8 Å². The van der Waals surface area contributed by atoms with Crippen LogP contribution in [0.4, 0.5) is 0 Å². The van der Waals surface area contributed by atoms with Crippen molar-refractivity contribution in [3.05, 3.63) is 12.8 Å². The first kappa shape index (κ1) is 9.59. The van der Waals surface area contributed by atoms with Gasteiger partial charge in [0, 0.05) is 0 Å². The number of rotatable bonds is 8. The number of unbranched alkanes of at least 4 members (excludes halogenated alkanes) is 3. The molecule has 12 heavy (non-hydrogen) atoms. The van der Waals surface area contributed by atoms with E-state index in [1.165, 1.54) is 31.9 Å². The quantitative estimate of drug-likeness (QED) is 0.317. The molecule has 1 atom stereocenters. The highest BCUT2D eigenvalue weighted by Crippen LogP contribution is 2.17. The molecule has 0 amide bonds. The molecule has 0 saturated carbocycles. The Kier molecular flexibility index (Phi) is 4.85. The van der Waals surface area contributed by atoms with Crippen molar-refractivity contribution in [2.45, 2.75) is 38.2 Å². The van der Waals surface area contributed by atoms with Crippen LogP contribution in [0.2, 0.25) is 0 Å². The van der Waals surface area contributed by atoms with Gasteiger partial charge in [0.1, 0.15) is 0 Å². The predicted molar refractivity (Wildman–Crippen MR) is 49.0 cm³/mol. The van der Waals surface area contributed by atoms with Crippen molar-refractivity contribution in [2.24, 2.45) is 0 Å². The molecule has 0 aromatic carbocycles. The normalized spacial score (nSPS) is 20.5. The van der Waals surface area contributed by atoms with Gasteiger partial charge in [0.05, 0.1) is 25.6 Å². The lowest BCUT2D eigenvalue weighted by Gasteiger charge is -1.99. The van der Waals surface area contributed by atoms with Gasteiger partial charge in [-0.15, -0.1) is 0 Å². The van der Waals surface area contributed by atoms with Gasteiger partial charge in [-0.2, -0.15) is 0 Å². The molecule has 0 spiro atoms. The zero-order valence-corrected chi connectivity index (χ0v) is 7.63. The Bertz CT molecular complexity index is 119. The summed E-state index contributed by atoms with van der Waals surface area (Å²) in [5.74, 6) is 0. The molecule has 1 heterocycles. The SMILES string of the molecule is C=COCCCCCCC1CO1. The maximum atomic E-state index is 5.12. The Morgan fingerprint density at radius 3 is 2.75 bits per heavy atom. The van der Waals surface area contributed by atoms with Crippen molar-refractivity contribution in [2.75, 3.05) is 13.2 Å². The molecule has 0 aromatic rings. The number of hydrogen-bond acceptors (Lipinski definition) is 2. The second kappa shape index (κ2) is 6.06. The Morgan fingerprint density at radius 2 is 2.08 bits per heavy atom. The molecule has 2 heteroatoms. The van der Waals surface area contributed by atoms with Gasteiger partial charge in [-0.3, -0.25) is 0 Å². The van der Waals surface area contributed by atoms with Crippen LogP contribution in [0.5, 0.6) is 0 Å². The summed E-state index contributed by atoms with van der Waals surface area (Å²) in [5.41, 5.74) is 0. The van der Waals surface area contributed by atoms with E-state index in [1.54, 1.807) is 0 Å². The number of ether oxygens (including phenoxy) is 2. The van der Waals surface area contributed by atoms with E-state index in [2.05, 4.69) is 6.58 Å². The second-order valence-electron chi connectivity index (χ2n) is 3.20. The minimum Gasteiger partial charge on any atom is -0.502 e. The van der Waals surface area contributed by atoms with Crippen molar-refractivity contribution < 1.29 is 9.47 Å². The predicted octanol–water partition coefficient (Wildman–Crippen LogP) is 2.50. The third-order valence-corrected chi connectivity index (χ3v) is 2.06. The summed E-state index contributed by atoms with van der Waals surface area (Å²) in [7, 11) is 0. The summed E-state index contributed by atoms with van der Waals surface area (Å²) in [5, 5.41) is 0. The van der Waals surface area contributed by atoms with E-state index >= 15 is 0 Å². The van der Waals surface area contributed by atoms with Crippen LogP contribution in [0.15, 0.2) is 12.8 Å². The average Bonchev–Trinajstić information content (AvgIpc) is 2.87. The van der Waals surface area contributed by atoms with Gasteiger partial charge in [-0.1, -0.05) is 25.8 Å². The van der Waals surface area contributed by atoms with Gasteiger partial charge in [-0.25, -0.2) is 0 Å². The molecule has 1 fully saturated rings. The van der Waals surface area contributed by atoms with E-state index in [0.717, 1.165) is 19.6 Å². The molecular weight excluding hydrogens is 152 g/mol. The van der Waals surface area contributed by atoms with Crippen molar-refractivity contribution in [1.82, 2.24) is 0 Å². The zero-order chi connectivity index (χ0) is 8.65. The molecule has 1 rings (SSSR count). The maximum absolute atomic E-state index is 5.12. The Labute approximate surface area is 74.6 Å². The van der Waals surface area contributed by atoms with Crippen molar-refractivity contribution in [3.8, 4) is 0 Å². The Hall–Kier alpha value is -0.500. The van der Waals surface area contributed by atoms with Gasteiger partial charge in [-0.05, 0) is 12.8 Å². The molecule has 0 aromatic heterocycles. The fraction of sp³-hybridized carbons (Fsp3) is 0.800. The van der Waals surface area contributed by atoms with E-state index < -0.39 is 0 Å². The van der Waals surface area contributed by atoms with Crippen LogP contribution < -0.4 is 0 Å². The minimum absolute atomic E-state index is 0.606. The van der Waals surface area contributed by atoms with Crippen LogP contribution in [0.1, 0.15) is 32.1 Å². The zero-order valence-electron chi connectivity index (χ0n) is 7.63. The van der Waals surface area contributed by atoms with Gasteiger partial charge < -0.3 is 9.47 Å². The summed E-state index contributed by atoms with van der Waals surface area (Å²) in [6, 6.07) is 0. The molecule has 1 aliphatic rings. The molecule has 2 nitrogen and oxygen atoms in total. The molecule has 1 aliphatic heterocycles. The first-order valence-corrected chi connectivity index (χ1v) is 4.77. The number of epoxide rings is 1. The lowest BCUT2D eigenvalue weighted by molar-refractivity contribution is 0.241. The van der Waals surface area contributed by atoms with Gasteiger partial charge in [0.2, 0.25) is 0 Å². The van der Waals surface area contributed by atoms with Crippen LogP contribution in [0, 0.1) is 0 Å². The van der Waals surface area contributed by atoms with Gasteiger partial charge in [0.25, 0.3) is 0 Å². The third-order valence-electron chi connectivity index (χ3n) is 2.06. The molecule has 0 aliphatic carbocycles. The summed E-state index contributed by atoms with van der Waals surface area (Å²) in [6.07, 6.45) is 8.40. The third kappa shape index (κ3) is 5.19. The lowest BCUT2D eigenvalue weighted by atomic mass is 10.1. The second-order valence-corrected chi connectivity index (χ2v) is 3.20. The van der Waals surface area contributed by atoms with E-state index in [0.29, 0.717) is 6.10 Å². The van der Waals surface area contributed by atoms with Crippen molar-refractivity contribution in [3.63, 3.8) is 0 Å². The Balaban J connectivity index is 1.67. The largest absolute Gasteiger partial charge is 0.502 e. The molecular formula is C10H18O2. The summed E-state index contributed by atoms with van der Waals surface area (Å²) < 4.78 is 10.1. The lowest BCUT2D eigenvalue weighted by Crippen LogP contribution is -1.89. The highest BCUT2D eigenvalue weighted by molar-refractivity contribution is 4.68. The monoisotopic (exact) mass is 170 g/mol. The van der Waals surface area contributed by atoms with Crippen LogP contribution in [-0.2, 0) is 9.47 Å². The van der Waals surface area contributed by atoms with Gasteiger partial charge in [0.15, 0.2) is 0 Å². The first-order chi connectivity index (χ1) is 5.93. The highest BCUT2D eigenvalue weighted by atomic mass is 16.6. The minimum atomic E-state index is 0.606. The molecule has 1 unspecified atom stereocenters. The standard InChI is InChI=1S/C10H18O2/c1-2-11-8-6-4-3-5-7-10-9-12-10/h2,10H,1,3-9H2. The van der Waals surface area contributed by atoms with Crippen molar-refractivity contribution >= 4 is 0 Å².